The Bertz CT molecular complexity index is 147. The summed E-state index contributed by atoms with van der Waals surface area (Å²) in [6.07, 6.45) is 6.19. The van der Waals surface area contributed by atoms with E-state index in [4.69, 9.17) is 0 Å². The highest BCUT2D eigenvalue weighted by atomic mass is 32.2. The Morgan fingerprint density at radius 2 is 2.38 bits per heavy atom. The third-order valence-corrected chi connectivity index (χ3v) is 3.71. The van der Waals surface area contributed by atoms with Gasteiger partial charge in [-0.05, 0) is 18.8 Å². The van der Waals surface area contributed by atoms with Crippen LogP contribution in [-0.4, -0.2) is 24.1 Å². The van der Waals surface area contributed by atoms with Gasteiger partial charge in [0.05, 0.1) is 0 Å². The summed E-state index contributed by atoms with van der Waals surface area (Å²) in [5, 5.41) is 3.64. The maximum absolute atomic E-state index is 3.71. The third-order valence-electron chi connectivity index (χ3n) is 2.75. The first-order valence-corrected chi connectivity index (χ1v) is 6.42. The van der Waals surface area contributed by atoms with E-state index in [9.17, 15) is 0 Å². The molecule has 0 aromatic heterocycles. The monoisotopic (exact) mass is 199 g/mol. The van der Waals surface area contributed by atoms with Crippen molar-refractivity contribution in [1.82, 2.24) is 5.32 Å². The first kappa shape index (κ1) is 11.1. The van der Waals surface area contributed by atoms with Gasteiger partial charge < -0.3 is 5.32 Å². The molecule has 0 radical (unpaired) electrons. The van der Waals surface area contributed by atoms with Crippen LogP contribution in [-0.2, 0) is 0 Å². The zero-order chi connectivity index (χ0) is 9.52. The van der Waals surface area contributed by atoms with Crippen LogP contribution in [0.2, 0.25) is 0 Å². The van der Waals surface area contributed by atoms with Crippen molar-refractivity contribution < 1.29 is 0 Å². The van der Waals surface area contributed by atoms with Crippen molar-refractivity contribution in [3.63, 3.8) is 0 Å². The molecule has 0 aliphatic heterocycles. The largest absolute Gasteiger partial charge is 0.313 e. The fourth-order valence-corrected chi connectivity index (χ4v) is 2.53. The Balaban J connectivity index is 1.95. The zero-order valence-electron chi connectivity index (χ0n) is 8.59. The fourth-order valence-electron chi connectivity index (χ4n) is 1.93. The molecule has 2 heteroatoms. The van der Waals surface area contributed by atoms with Crippen LogP contribution in [0, 0.1) is 5.92 Å². The van der Waals surface area contributed by atoms with Gasteiger partial charge in [-0.25, -0.2) is 0 Å². The van der Waals surface area contributed by atoms with Gasteiger partial charge in [-0.1, -0.05) is 19.4 Å². The summed E-state index contributed by atoms with van der Waals surface area (Å²) < 4.78 is 0. The van der Waals surface area contributed by atoms with Gasteiger partial charge in [-0.3, -0.25) is 0 Å². The molecule has 0 bridgehead atoms. The van der Waals surface area contributed by atoms with Crippen LogP contribution in [0.4, 0.5) is 0 Å². The van der Waals surface area contributed by atoms with Crippen molar-refractivity contribution in [3.05, 3.63) is 12.7 Å². The van der Waals surface area contributed by atoms with E-state index >= 15 is 0 Å². The second-order valence-electron chi connectivity index (χ2n) is 3.83. The van der Waals surface area contributed by atoms with E-state index < -0.39 is 0 Å². The van der Waals surface area contributed by atoms with Gasteiger partial charge in [-0.2, -0.15) is 11.8 Å². The van der Waals surface area contributed by atoms with Crippen LogP contribution < -0.4 is 5.32 Å². The van der Waals surface area contributed by atoms with Crippen LogP contribution in [0.1, 0.15) is 26.2 Å². The van der Waals surface area contributed by atoms with E-state index in [1.165, 1.54) is 25.0 Å². The average molecular weight is 199 g/mol. The Morgan fingerprint density at radius 3 is 3.00 bits per heavy atom. The average Bonchev–Trinajstić information content (AvgIpc) is 2.52. The first-order chi connectivity index (χ1) is 6.34. The second-order valence-corrected chi connectivity index (χ2v) is 4.98. The van der Waals surface area contributed by atoms with Crippen molar-refractivity contribution in [2.75, 3.05) is 18.1 Å². The fraction of sp³-hybridized carbons (Fsp3) is 0.818. The third kappa shape index (κ3) is 4.19. The summed E-state index contributed by atoms with van der Waals surface area (Å²) in [5.41, 5.74) is 0. The lowest BCUT2D eigenvalue weighted by molar-refractivity contribution is 0.438. The van der Waals surface area contributed by atoms with E-state index in [2.05, 4.69) is 18.8 Å². The molecule has 1 nitrogen and oxygen atoms in total. The number of hydrogen-bond donors (Lipinski definition) is 1. The summed E-state index contributed by atoms with van der Waals surface area (Å²) in [5.74, 6) is 3.20. The van der Waals surface area contributed by atoms with Crippen molar-refractivity contribution in [1.29, 1.82) is 0 Å². The lowest BCUT2D eigenvalue weighted by atomic mass is 10.1. The van der Waals surface area contributed by atoms with Crippen molar-refractivity contribution >= 4 is 11.8 Å². The maximum Gasteiger partial charge on any atom is 0.0111 e. The van der Waals surface area contributed by atoms with E-state index in [-0.39, 0.29) is 0 Å². The summed E-state index contributed by atoms with van der Waals surface area (Å²) in [4.78, 5) is 0. The van der Waals surface area contributed by atoms with Gasteiger partial charge in [0.2, 0.25) is 0 Å². The normalized spacial score (nSPS) is 27.8. The van der Waals surface area contributed by atoms with Crippen LogP contribution in [0.5, 0.6) is 0 Å². The highest BCUT2D eigenvalue weighted by molar-refractivity contribution is 7.99. The minimum atomic E-state index is 0.796. The molecule has 0 aromatic carbocycles. The lowest BCUT2D eigenvalue weighted by Gasteiger charge is -2.16. The van der Waals surface area contributed by atoms with Gasteiger partial charge in [-0.15, -0.1) is 6.58 Å². The highest BCUT2D eigenvalue weighted by Gasteiger charge is 2.21. The summed E-state index contributed by atoms with van der Waals surface area (Å²) >= 11 is 1.96. The zero-order valence-corrected chi connectivity index (χ0v) is 9.41. The lowest BCUT2D eigenvalue weighted by Crippen LogP contribution is -2.32. The Hall–Kier alpha value is 0.0500. The minimum Gasteiger partial charge on any atom is -0.313 e. The van der Waals surface area contributed by atoms with Crippen molar-refractivity contribution in [2.24, 2.45) is 5.92 Å². The predicted molar refractivity (Wildman–Crippen MR) is 62.3 cm³/mol. The molecule has 2 atom stereocenters. The number of rotatable bonds is 6. The number of thioether (sulfide) groups is 1. The molecule has 0 amide bonds. The van der Waals surface area contributed by atoms with Gasteiger partial charge in [0.15, 0.2) is 0 Å². The summed E-state index contributed by atoms with van der Waals surface area (Å²) in [6.45, 7) is 7.23. The SMILES string of the molecule is C=CCSCCNC1CCCC1C. The minimum absolute atomic E-state index is 0.796. The molecule has 0 aromatic rings. The molecule has 1 saturated carbocycles. The van der Waals surface area contributed by atoms with E-state index in [0.717, 1.165) is 24.3 Å². The molecule has 0 spiro atoms. The molecule has 1 fully saturated rings. The Labute approximate surface area is 86.4 Å². The van der Waals surface area contributed by atoms with E-state index in [0.29, 0.717) is 0 Å². The smallest absolute Gasteiger partial charge is 0.0111 e. The van der Waals surface area contributed by atoms with Crippen LogP contribution in [0.15, 0.2) is 12.7 Å². The molecule has 0 heterocycles. The Kier molecular flexibility index (Phi) is 5.56. The second kappa shape index (κ2) is 6.50. The topological polar surface area (TPSA) is 12.0 Å². The Morgan fingerprint density at radius 1 is 1.54 bits per heavy atom. The molecular formula is C11H21NS. The van der Waals surface area contributed by atoms with E-state index in [1.807, 2.05) is 17.8 Å². The molecule has 1 aliphatic carbocycles. The molecule has 1 rings (SSSR count). The van der Waals surface area contributed by atoms with Gasteiger partial charge in [0, 0.05) is 24.1 Å². The maximum atomic E-state index is 3.71. The quantitative estimate of drug-likeness (QED) is 0.521. The molecule has 13 heavy (non-hydrogen) atoms. The van der Waals surface area contributed by atoms with E-state index in [1.54, 1.807) is 0 Å². The van der Waals surface area contributed by atoms with Crippen LogP contribution in [0.3, 0.4) is 0 Å². The van der Waals surface area contributed by atoms with Gasteiger partial charge in [0.25, 0.3) is 0 Å². The summed E-state index contributed by atoms with van der Waals surface area (Å²) in [7, 11) is 0. The van der Waals surface area contributed by atoms with Crippen molar-refractivity contribution in [2.45, 2.75) is 32.2 Å². The number of nitrogens with one attached hydrogen (secondary N) is 1. The van der Waals surface area contributed by atoms with Crippen LogP contribution in [0.25, 0.3) is 0 Å². The van der Waals surface area contributed by atoms with Gasteiger partial charge >= 0.3 is 0 Å². The highest BCUT2D eigenvalue weighted by Crippen LogP contribution is 2.24. The molecule has 0 saturated heterocycles. The molecule has 1 aliphatic rings. The standard InChI is InChI=1S/C11H21NS/c1-3-8-13-9-7-12-11-6-4-5-10(11)2/h3,10-12H,1,4-9H2,2H3. The summed E-state index contributed by atoms with van der Waals surface area (Å²) in [6, 6.07) is 0.796. The predicted octanol–water partition coefficient (Wildman–Crippen LogP) is 2.68. The van der Waals surface area contributed by atoms with Crippen LogP contribution >= 0.6 is 11.8 Å². The molecule has 2 unspecified atom stereocenters. The molecular weight excluding hydrogens is 178 g/mol. The first-order valence-electron chi connectivity index (χ1n) is 5.26. The molecule has 1 N–H and O–H groups in total. The van der Waals surface area contributed by atoms with Gasteiger partial charge in [0.1, 0.15) is 0 Å². The molecule has 76 valence electrons. The van der Waals surface area contributed by atoms with Crippen molar-refractivity contribution in [3.8, 4) is 0 Å². The number of hydrogen-bond acceptors (Lipinski definition) is 2.